The summed E-state index contributed by atoms with van der Waals surface area (Å²) < 4.78 is 32.6. The fraction of sp³-hybridized carbons (Fsp3) is 0.707. The monoisotopic (exact) mass is 737 g/mol. The lowest BCUT2D eigenvalue weighted by molar-refractivity contribution is -0.161. The molecule has 0 spiro atoms. The number of carbonyl (C=O) groups excluding carboxylic acids is 2. The molecule has 294 valence electrons. The van der Waals surface area contributed by atoms with E-state index < -0.39 is 32.5 Å². The van der Waals surface area contributed by atoms with E-state index in [9.17, 15) is 19.0 Å². The zero-order valence-corrected chi connectivity index (χ0v) is 33.0. The van der Waals surface area contributed by atoms with Crippen molar-refractivity contribution in [1.82, 2.24) is 0 Å². The van der Waals surface area contributed by atoms with E-state index in [2.05, 4.69) is 74.6 Å². The van der Waals surface area contributed by atoms with Crippen LogP contribution in [0.4, 0.5) is 0 Å². The van der Waals surface area contributed by atoms with E-state index in [-0.39, 0.29) is 32.6 Å². The number of phosphoric ester groups is 1. The van der Waals surface area contributed by atoms with Crippen molar-refractivity contribution in [3.63, 3.8) is 0 Å². The number of hydrogen-bond acceptors (Lipinski definition) is 8. The van der Waals surface area contributed by atoms with Crippen LogP contribution >= 0.6 is 7.82 Å². The summed E-state index contributed by atoms with van der Waals surface area (Å²) in [5.74, 6) is -0.873. The molecule has 0 rings (SSSR count). The van der Waals surface area contributed by atoms with E-state index in [1.54, 1.807) is 0 Å². The first-order chi connectivity index (χ1) is 24.8. The predicted octanol–water partition coefficient (Wildman–Crippen LogP) is 10.9. The van der Waals surface area contributed by atoms with Crippen molar-refractivity contribution in [1.29, 1.82) is 0 Å². The smallest absolute Gasteiger partial charge is 0.462 e. The highest BCUT2D eigenvalue weighted by atomic mass is 31.2. The first-order valence-electron chi connectivity index (χ1n) is 19.8. The Kier molecular flexibility index (Phi) is 35.8. The molecule has 10 heteroatoms. The SMILES string of the molecule is CC/C=C\C/C=C\C/C=C\C/C=C\CCCCCCC(=O)OC(COC(=O)CCCCCCC/C=C\CCCCCC)COP(=O)(O)OCCN. The fourth-order valence-corrected chi connectivity index (χ4v) is 5.74. The van der Waals surface area contributed by atoms with E-state index in [1.807, 2.05) is 0 Å². The largest absolute Gasteiger partial charge is 0.472 e. The van der Waals surface area contributed by atoms with Crippen molar-refractivity contribution >= 4 is 19.8 Å². The molecule has 0 bridgehead atoms. The molecule has 51 heavy (non-hydrogen) atoms. The highest BCUT2D eigenvalue weighted by Gasteiger charge is 2.25. The second-order valence-electron chi connectivity index (χ2n) is 12.8. The molecule has 0 heterocycles. The van der Waals surface area contributed by atoms with Gasteiger partial charge in [0.15, 0.2) is 6.10 Å². The third kappa shape index (κ3) is 37.3. The van der Waals surface area contributed by atoms with Crippen LogP contribution in [0.2, 0.25) is 0 Å². The van der Waals surface area contributed by atoms with Crippen LogP contribution in [0.1, 0.15) is 155 Å². The minimum Gasteiger partial charge on any atom is -0.462 e. The van der Waals surface area contributed by atoms with Gasteiger partial charge >= 0.3 is 19.8 Å². The van der Waals surface area contributed by atoms with Crippen LogP contribution in [0.15, 0.2) is 60.8 Å². The lowest BCUT2D eigenvalue weighted by atomic mass is 10.1. The molecule has 0 saturated heterocycles. The summed E-state index contributed by atoms with van der Waals surface area (Å²) in [6.45, 7) is 3.54. The Balaban J connectivity index is 4.28. The zero-order chi connectivity index (χ0) is 37.5. The second-order valence-corrected chi connectivity index (χ2v) is 14.2. The fourth-order valence-electron chi connectivity index (χ4n) is 4.97. The summed E-state index contributed by atoms with van der Waals surface area (Å²) in [5.41, 5.74) is 5.33. The van der Waals surface area contributed by atoms with Crippen molar-refractivity contribution in [2.75, 3.05) is 26.4 Å². The Hall–Kier alpha value is -2.29. The van der Waals surface area contributed by atoms with E-state index >= 15 is 0 Å². The third-order valence-electron chi connectivity index (χ3n) is 7.89. The van der Waals surface area contributed by atoms with Crippen LogP contribution in [0, 0.1) is 0 Å². The summed E-state index contributed by atoms with van der Waals surface area (Å²) in [5, 5.41) is 0. The normalized spacial score (nSPS) is 14.0. The molecule has 0 aliphatic heterocycles. The van der Waals surface area contributed by atoms with Gasteiger partial charge in [0.1, 0.15) is 6.61 Å². The number of carbonyl (C=O) groups is 2. The van der Waals surface area contributed by atoms with Crippen molar-refractivity contribution in [3.8, 4) is 0 Å². The standard InChI is InChI=1S/C41H72NO8P/c1-3-5-7-9-11-13-15-17-18-19-20-22-24-26-28-30-32-34-41(44)50-39(38-49-51(45,46)48-36-35-42)37-47-40(43)33-31-29-27-25-23-21-16-14-12-10-8-6-4-2/h5,7,11,13-14,16-18,20,22,39H,3-4,6,8-10,12,15,19,21,23-38,42H2,1-2H3,(H,45,46)/b7-5-,13-11-,16-14-,18-17-,22-20-. The number of rotatable bonds is 36. The van der Waals surface area contributed by atoms with Gasteiger partial charge in [0.05, 0.1) is 13.2 Å². The Bertz CT molecular complexity index is 1020. The van der Waals surface area contributed by atoms with E-state index in [0.717, 1.165) is 83.5 Å². The molecule has 9 nitrogen and oxygen atoms in total. The topological polar surface area (TPSA) is 134 Å². The lowest BCUT2D eigenvalue weighted by Gasteiger charge is -2.19. The summed E-state index contributed by atoms with van der Waals surface area (Å²) in [6, 6.07) is 0. The summed E-state index contributed by atoms with van der Waals surface area (Å²) >= 11 is 0. The number of hydrogen-bond donors (Lipinski definition) is 2. The summed E-state index contributed by atoms with van der Waals surface area (Å²) in [6.07, 6.45) is 42.5. The van der Waals surface area contributed by atoms with Crippen molar-refractivity contribution in [2.45, 2.75) is 161 Å². The first kappa shape index (κ1) is 48.7. The molecule has 2 unspecified atom stereocenters. The molecule has 0 fully saturated rings. The summed E-state index contributed by atoms with van der Waals surface area (Å²) in [4.78, 5) is 34.7. The van der Waals surface area contributed by atoms with Gasteiger partial charge in [0, 0.05) is 19.4 Å². The van der Waals surface area contributed by atoms with Gasteiger partial charge in [-0.15, -0.1) is 0 Å². The number of unbranched alkanes of at least 4 members (excludes halogenated alkanes) is 13. The van der Waals surface area contributed by atoms with Gasteiger partial charge in [-0.2, -0.15) is 0 Å². The average Bonchev–Trinajstić information content (AvgIpc) is 3.11. The number of ether oxygens (including phenoxy) is 2. The van der Waals surface area contributed by atoms with E-state index in [1.165, 1.54) is 32.1 Å². The zero-order valence-electron chi connectivity index (χ0n) is 32.1. The summed E-state index contributed by atoms with van der Waals surface area (Å²) in [7, 11) is -4.38. The highest BCUT2D eigenvalue weighted by Crippen LogP contribution is 2.43. The quantitative estimate of drug-likeness (QED) is 0.0279. The van der Waals surface area contributed by atoms with Crippen molar-refractivity contribution < 1.29 is 37.6 Å². The number of allylic oxidation sites excluding steroid dienone is 10. The van der Waals surface area contributed by atoms with Gasteiger partial charge in [0.25, 0.3) is 0 Å². The lowest BCUT2D eigenvalue weighted by Crippen LogP contribution is -2.29. The second kappa shape index (κ2) is 37.5. The van der Waals surface area contributed by atoms with Crippen LogP contribution in [-0.2, 0) is 32.7 Å². The number of phosphoric acid groups is 1. The Labute approximate surface area is 310 Å². The number of nitrogens with two attached hydrogens (primary N) is 1. The first-order valence-corrected chi connectivity index (χ1v) is 21.3. The molecule has 0 aromatic heterocycles. The Morgan fingerprint density at radius 1 is 0.608 bits per heavy atom. The average molecular weight is 738 g/mol. The molecule has 3 N–H and O–H groups in total. The van der Waals surface area contributed by atoms with Gasteiger partial charge in [0.2, 0.25) is 0 Å². The maximum atomic E-state index is 12.5. The van der Waals surface area contributed by atoms with Crippen LogP contribution < -0.4 is 5.73 Å². The van der Waals surface area contributed by atoms with Crippen molar-refractivity contribution in [2.24, 2.45) is 5.73 Å². The number of esters is 2. The van der Waals surface area contributed by atoms with Crippen LogP contribution in [0.5, 0.6) is 0 Å². The third-order valence-corrected chi connectivity index (χ3v) is 8.87. The minimum atomic E-state index is -4.38. The van der Waals surface area contributed by atoms with Crippen molar-refractivity contribution in [3.05, 3.63) is 60.8 Å². The molecular weight excluding hydrogens is 665 g/mol. The van der Waals surface area contributed by atoms with Gasteiger partial charge in [-0.25, -0.2) is 4.57 Å². The van der Waals surface area contributed by atoms with E-state index in [0.29, 0.717) is 12.8 Å². The molecule has 0 aromatic rings. The molecule has 0 amide bonds. The predicted molar refractivity (Wildman–Crippen MR) is 210 cm³/mol. The molecule has 0 aromatic carbocycles. The van der Waals surface area contributed by atoms with Gasteiger partial charge in [-0.05, 0) is 77.0 Å². The maximum absolute atomic E-state index is 12.5. The Morgan fingerprint density at radius 3 is 1.63 bits per heavy atom. The molecule has 2 atom stereocenters. The molecular formula is C41H72NO8P. The van der Waals surface area contributed by atoms with Crippen LogP contribution in [0.3, 0.4) is 0 Å². The molecule has 0 radical (unpaired) electrons. The Morgan fingerprint density at radius 2 is 1.08 bits per heavy atom. The van der Waals surface area contributed by atoms with Gasteiger partial charge in [-0.1, -0.05) is 126 Å². The van der Waals surface area contributed by atoms with Gasteiger partial charge in [-0.3, -0.25) is 18.6 Å². The maximum Gasteiger partial charge on any atom is 0.472 e. The molecule has 0 aliphatic carbocycles. The molecule has 0 aliphatic rings. The van der Waals surface area contributed by atoms with Gasteiger partial charge < -0.3 is 20.1 Å². The molecule has 0 saturated carbocycles. The highest BCUT2D eigenvalue weighted by molar-refractivity contribution is 7.47. The van der Waals surface area contributed by atoms with Crippen LogP contribution in [-0.4, -0.2) is 49.3 Å². The minimum absolute atomic E-state index is 0.0453. The van der Waals surface area contributed by atoms with E-state index in [4.69, 9.17) is 24.3 Å². The van der Waals surface area contributed by atoms with Crippen LogP contribution in [0.25, 0.3) is 0 Å².